The SMILES string of the molecule is CCCC(CCCCCCCCCCC(CCC(=O)O)OC(C)=O)OCc1ccccc1. The molecule has 0 aliphatic rings. The van der Waals surface area contributed by atoms with Gasteiger partial charge < -0.3 is 14.6 Å². The predicted octanol–water partition coefficient (Wildman–Crippen LogP) is 7.07. The summed E-state index contributed by atoms with van der Waals surface area (Å²) in [5.41, 5.74) is 1.25. The van der Waals surface area contributed by atoms with Gasteiger partial charge in [-0.25, -0.2) is 0 Å². The smallest absolute Gasteiger partial charge is 0.303 e. The lowest BCUT2D eigenvalue weighted by atomic mass is 10.0. The minimum Gasteiger partial charge on any atom is -0.481 e. The van der Waals surface area contributed by atoms with Crippen LogP contribution in [0.15, 0.2) is 30.3 Å². The van der Waals surface area contributed by atoms with Gasteiger partial charge in [-0.2, -0.15) is 0 Å². The maximum Gasteiger partial charge on any atom is 0.303 e. The number of carboxylic acids is 1. The molecule has 0 aliphatic heterocycles. The standard InChI is InChI=1S/C27H44O5/c1-3-15-25(31-22-24-16-11-10-12-17-24)18-13-8-6-4-5-7-9-14-19-26(32-23(2)28)20-21-27(29)30/h10-12,16-17,25-26H,3-9,13-15,18-22H2,1-2H3,(H,29,30). The molecule has 0 amide bonds. The largest absolute Gasteiger partial charge is 0.481 e. The zero-order chi connectivity index (χ0) is 23.4. The van der Waals surface area contributed by atoms with Gasteiger partial charge in [-0.1, -0.05) is 88.6 Å². The van der Waals surface area contributed by atoms with E-state index >= 15 is 0 Å². The number of aliphatic carboxylic acids is 1. The Morgan fingerprint density at radius 1 is 0.812 bits per heavy atom. The van der Waals surface area contributed by atoms with Gasteiger partial charge >= 0.3 is 11.9 Å². The van der Waals surface area contributed by atoms with Gasteiger partial charge in [-0.15, -0.1) is 0 Å². The van der Waals surface area contributed by atoms with Gasteiger partial charge in [0.25, 0.3) is 0 Å². The van der Waals surface area contributed by atoms with Crippen LogP contribution < -0.4 is 0 Å². The number of benzene rings is 1. The van der Waals surface area contributed by atoms with E-state index in [-0.39, 0.29) is 18.5 Å². The third kappa shape index (κ3) is 15.9. The molecule has 0 bridgehead atoms. The van der Waals surface area contributed by atoms with Gasteiger partial charge in [-0.05, 0) is 37.7 Å². The molecule has 1 N–H and O–H groups in total. The van der Waals surface area contributed by atoms with Crippen molar-refractivity contribution in [2.24, 2.45) is 0 Å². The maximum atomic E-state index is 11.2. The van der Waals surface area contributed by atoms with Crippen LogP contribution in [0.25, 0.3) is 0 Å². The summed E-state index contributed by atoms with van der Waals surface area (Å²) in [6, 6.07) is 10.4. The minimum absolute atomic E-state index is 0.0500. The Balaban J connectivity index is 2.04. The Labute approximate surface area is 194 Å². The first kappa shape index (κ1) is 28.2. The molecular formula is C27H44O5. The quantitative estimate of drug-likeness (QED) is 0.171. The number of esters is 1. The summed E-state index contributed by atoms with van der Waals surface area (Å²) in [6.45, 7) is 4.31. The molecule has 0 saturated heterocycles. The van der Waals surface area contributed by atoms with E-state index in [9.17, 15) is 9.59 Å². The Hall–Kier alpha value is -1.88. The van der Waals surface area contributed by atoms with E-state index < -0.39 is 5.97 Å². The second-order valence-corrected chi connectivity index (χ2v) is 8.78. The Morgan fingerprint density at radius 3 is 1.91 bits per heavy atom. The molecule has 5 heteroatoms. The van der Waals surface area contributed by atoms with Crippen LogP contribution in [0.3, 0.4) is 0 Å². The Bertz CT molecular complexity index is 601. The average Bonchev–Trinajstić information content (AvgIpc) is 2.77. The molecule has 0 aliphatic carbocycles. The molecule has 0 heterocycles. The lowest BCUT2D eigenvalue weighted by Gasteiger charge is -2.17. The van der Waals surface area contributed by atoms with Crippen molar-refractivity contribution in [2.45, 2.75) is 123 Å². The molecule has 182 valence electrons. The van der Waals surface area contributed by atoms with Crippen LogP contribution in [0, 0.1) is 0 Å². The molecule has 5 nitrogen and oxygen atoms in total. The van der Waals surface area contributed by atoms with Gasteiger partial charge in [0.1, 0.15) is 6.10 Å². The number of carbonyl (C=O) groups is 2. The highest BCUT2D eigenvalue weighted by molar-refractivity contribution is 5.67. The fraction of sp³-hybridized carbons (Fsp3) is 0.704. The molecule has 1 rings (SSSR count). The second-order valence-electron chi connectivity index (χ2n) is 8.78. The number of hydrogen-bond donors (Lipinski definition) is 1. The average molecular weight is 449 g/mol. The maximum absolute atomic E-state index is 11.2. The predicted molar refractivity (Wildman–Crippen MR) is 129 cm³/mol. The summed E-state index contributed by atoms with van der Waals surface area (Å²) < 4.78 is 11.4. The molecule has 0 radical (unpaired) electrons. The van der Waals surface area contributed by atoms with Crippen molar-refractivity contribution < 1.29 is 24.2 Å². The summed E-state index contributed by atoms with van der Waals surface area (Å²) in [5, 5.41) is 8.81. The van der Waals surface area contributed by atoms with Crippen LogP contribution in [0.1, 0.15) is 109 Å². The van der Waals surface area contributed by atoms with Crippen LogP contribution in [-0.2, 0) is 25.7 Å². The first-order valence-electron chi connectivity index (χ1n) is 12.6. The van der Waals surface area contributed by atoms with Gasteiger partial charge in [0.15, 0.2) is 0 Å². The van der Waals surface area contributed by atoms with Gasteiger partial charge in [-0.3, -0.25) is 9.59 Å². The van der Waals surface area contributed by atoms with Crippen LogP contribution >= 0.6 is 0 Å². The van der Waals surface area contributed by atoms with Crippen molar-refractivity contribution in [2.75, 3.05) is 0 Å². The highest BCUT2D eigenvalue weighted by atomic mass is 16.5. The Morgan fingerprint density at radius 2 is 1.38 bits per heavy atom. The van der Waals surface area contributed by atoms with E-state index in [1.54, 1.807) is 0 Å². The number of unbranched alkanes of at least 4 members (excludes halogenated alkanes) is 7. The summed E-state index contributed by atoms with van der Waals surface area (Å²) in [7, 11) is 0. The van der Waals surface area contributed by atoms with E-state index in [2.05, 4.69) is 31.2 Å². The first-order chi connectivity index (χ1) is 15.5. The van der Waals surface area contributed by atoms with E-state index in [0.717, 1.165) is 38.5 Å². The topological polar surface area (TPSA) is 72.8 Å². The second kappa shape index (κ2) is 18.7. The molecule has 1 aromatic rings. The Kier molecular flexibility index (Phi) is 16.4. The van der Waals surface area contributed by atoms with Crippen molar-refractivity contribution >= 4 is 11.9 Å². The summed E-state index contributed by atoms with van der Waals surface area (Å²) >= 11 is 0. The highest BCUT2D eigenvalue weighted by Gasteiger charge is 2.13. The first-order valence-corrected chi connectivity index (χ1v) is 12.6. The van der Waals surface area contributed by atoms with Gasteiger partial charge in [0, 0.05) is 13.3 Å². The number of carbonyl (C=O) groups excluding carboxylic acids is 1. The molecular weight excluding hydrogens is 404 g/mol. The fourth-order valence-corrected chi connectivity index (χ4v) is 4.01. The van der Waals surface area contributed by atoms with E-state index in [0.29, 0.717) is 19.1 Å². The molecule has 1 aromatic carbocycles. The number of carboxylic acid groups (broad SMARTS) is 1. The minimum atomic E-state index is -0.842. The normalized spacial score (nSPS) is 12.9. The summed E-state index contributed by atoms with van der Waals surface area (Å²) in [6.07, 6.45) is 14.3. The molecule has 0 fully saturated rings. The summed E-state index contributed by atoms with van der Waals surface area (Å²) in [5.74, 6) is -1.17. The highest BCUT2D eigenvalue weighted by Crippen LogP contribution is 2.17. The monoisotopic (exact) mass is 448 g/mol. The third-order valence-corrected chi connectivity index (χ3v) is 5.75. The molecule has 0 aromatic heterocycles. The molecule has 2 atom stereocenters. The van der Waals surface area contributed by atoms with Crippen molar-refractivity contribution in [3.05, 3.63) is 35.9 Å². The van der Waals surface area contributed by atoms with Crippen molar-refractivity contribution in [1.29, 1.82) is 0 Å². The zero-order valence-corrected chi connectivity index (χ0v) is 20.2. The molecule has 0 saturated carbocycles. The third-order valence-electron chi connectivity index (χ3n) is 5.75. The van der Waals surface area contributed by atoms with Crippen LogP contribution in [0.4, 0.5) is 0 Å². The number of ether oxygens (including phenoxy) is 2. The van der Waals surface area contributed by atoms with Crippen molar-refractivity contribution in [1.82, 2.24) is 0 Å². The van der Waals surface area contributed by atoms with Gasteiger partial charge in [0.2, 0.25) is 0 Å². The molecule has 0 spiro atoms. The molecule has 2 unspecified atom stereocenters. The van der Waals surface area contributed by atoms with Crippen molar-refractivity contribution in [3.63, 3.8) is 0 Å². The van der Waals surface area contributed by atoms with Crippen LogP contribution in [0.2, 0.25) is 0 Å². The molecule has 32 heavy (non-hydrogen) atoms. The van der Waals surface area contributed by atoms with Crippen LogP contribution in [-0.4, -0.2) is 29.3 Å². The summed E-state index contributed by atoms with van der Waals surface area (Å²) in [4.78, 5) is 21.9. The lowest BCUT2D eigenvalue weighted by Crippen LogP contribution is -2.17. The van der Waals surface area contributed by atoms with Crippen LogP contribution in [0.5, 0.6) is 0 Å². The number of rotatable bonds is 20. The zero-order valence-electron chi connectivity index (χ0n) is 20.2. The lowest BCUT2D eigenvalue weighted by molar-refractivity contribution is -0.149. The number of hydrogen-bond acceptors (Lipinski definition) is 4. The van der Waals surface area contributed by atoms with E-state index in [1.165, 1.54) is 51.0 Å². The van der Waals surface area contributed by atoms with E-state index in [1.807, 2.05) is 6.07 Å². The van der Waals surface area contributed by atoms with Crippen molar-refractivity contribution in [3.8, 4) is 0 Å². The van der Waals surface area contributed by atoms with E-state index in [4.69, 9.17) is 14.6 Å². The fourth-order valence-electron chi connectivity index (χ4n) is 4.01. The van der Waals surface area contributed by atoms with Gasteiger partial charge in [0.05, 0.1) is 12.7 Å².